The molecule has 0 N–H and O–H groups in total. The zero-order valence-corrected chi connectivity index (χ0v) is 29.1. The number of hydrogen-bond acceptors (Lipinski definition) is 2. The Bertz CT molecular complexity index is 3270. The SMILES string of the molecule is c1ccc(-c2nc(-c3cccc(-n4c5ccccc5c5cc(-n6c7ccccc7c7ccccc76)ccc54)c3)c3c(n2)-c2cccc4cccc-3c24)cc1. The molecule has 0 unspecified atom stereocenters. The molecule has 0 fully saturated rings. The molecule has 0 spiro atoms. The third-order valence-corrected chi connectivity index (χ3v) is 11.2. The van der Waals surface area contributed by atoms with Crippen LogP contribution in [0.4, 0.5) is 0 Å². The highest BCUT2D eigenvalue weighted by Crippen LogP contribution is 2.50. The summed E-state index contributed by atoms with van der Waals surface area (Å²) in [7, 11) is 0. The van der Waals surface area contributed by atoms with Crippen LogP contribution >= 0.6 is 0 Å². The predicted octanol–water partition coefficient (Wildman–Crippen LogP) is 12.8. The summed E-state index contributed by atoms with van der Waals surface area (Å²) in [6.45, 7) is 0. The van der Waals surface area contributed by atoms with Crippen LogP contribution in [0, 0.1) is 0 Å². The molecular formula is C50H30N4. The van der Waals surface area contributed by atoms with Gasteiger partial charge in [-0.1, -0.05) is 133 Å². The summed E-state index contributed by atoms with van der Waals surface area (Å²) in [6.07, 6.45) is 0. The molecule has 250 valence electrons. The monoisotopic (exact) mass is 686 g/mol. The van der Waals surface area contributed by atoms with Gasteiger partial charge in [0.25, 0.3) is 0 Å². The molecule has 12 rings (SSSR count). The number of para-hydroxylation sites is 3. The second-order valence-corrected chi connectivity index (χ2v) is 14.2. The molecule has 3 heterocycles. The summed E-state index contributed by atoms with van der Waals surface area (Å²) in [6, 6.07) is 65.3. The average Bonchev–Trinajstić information content (AvgIpc) is 3.87. The van der Waals surface area contributed by atoms with Gasteiger partial charge in [0.1, 0.15) is 0 Å². The fourth-order valence-corrected chi connectivity index (χ4v) is 8.95. The van der Waals surface area contributed by atoms with Crippen molar-refractivity contribution in [2.24, 2.45) is 0 Å². The highest BCUT2D eigenvalue weighted by molar-refractivity contribution is 6.17. The Hall–Kier alpha value is -7.30. The molecule has 4 heteroatoms. The maximum absolute atomic E-state index is 5.37. The van der Waals surface area contributed by atoms with Crippen molar-refractivity contribution in [1.29, 1.82) is 0 Å². The molecule has 3 aromatic heterocycles. The second-order valence-electron chi connectivity index (χ2n) is 14.2. The smallest absolute Gasteiger partial charge is 0.160 e. The number of aromatic nitrogens is 4. The third-order valence-electron chi connectivity index (χ3n) is 11.2. The van der Waals surface area contributed by atoms with E-state index in [0.717, 1.165) is 56.4 Å². The van der Waals surface area contributed by atoms with E-state index >= 15 is 0 Å². The van der Waals surface area contributed by atoms with Crippen molar-refractivity contribution in [3.8, 4) is 56.4 Å². The lowest BCUT2D eigenvalue weighted by atomic mass is 9.99. The zero-order chi connectivity index (χ0) is 35.3. The van der Waals surface area contributed by atoms with E-state index < -0.39 is 0 Å². The Kier molecular flexibility index (Phi) is 6.02. The molecule has 1 aliphatic carbocycles. The molecule has 0 aliphatic heterocycles. The van der Waals surface area contributed by atoms with Crippen LogP contribution < -0.4 is 0 Å². The first kappa shape index (κ1) is 29.3. The second kappa shape index (κ2) is 11.1. The molecule has 0 atom stereocenters. The highest BCUT2D eigenvalue weighted by atomic mass is 15.0. The van der Waals surface area contributed by atoms with Crippen molar-refractivity contribution >= 4 is 54.4 Å². The topological polar surface area (TPSA) is 35.6 Å². The average molecular weight is 687 g/mol. The molecule has 54 heavy (non-hydrogen) atoms. The molecule has 8 aromatic carbocycles. The van der Waals surface area contributed by atoms with Crippen LogP contribution in [0.3, 0.4) is 0 Å². The van der Waals surface area contributed by atoms with Gasteiger partial charge in [-0.25, -0.2) is 9.97 Å². The molecule has 0 saturated heterocycles. The summed E-state index contributed by atoms with van der Waals surface area (Å²) in [4.78, 5) is 10.6. The maximum Gasteiger partial charge on any atom is 0.160 e. The van der Waals surface area contributed by atoms with Crippen molar-refractivity contribution in [2.75, 3.05) is 0 Å². The van der Waals surface area contributed by atoms with E-state index in [1.54, 1.807) is 0 Å². The largest absolute Gasteiger partial charge is 0.309 e. The third kappa shape index (κ3) is 4.08. The van der Waals surface area contributed by atoms with Gasteiger partial charge >= 0.3 is 0 Å². The van der Waals surface area contributed by atoms with E-state index in [-0.39, 0.29) is 0 Å². The van der Waals surface area contributed by atoms with Gasteiger partial charge in [0.2, 0.25) is 0 Å². The number of benzene rings is 8. The molecule has 0 bridgehead atoms. The van der Waals surface area contributed by atoms with Crippen LogP contribution in [-0.2, 0) is 0 Å². The number of rotatable bonds is 4. The lowest BCUT2D eigenvalue weighted by Gasteiger charge is -2.14. The Morgan fingerprint density at radius 1 is 0.352 bits per heavy atom. The van der Waals surface area contributed by atoms with Crippen molar-refractivity contribution in [1.82, 2.24) is 19.1 Å². The fourth-order valence-electron chi connectivity index (χ4n) is 8.95. The van der Waals surface area contributed by atoms with Gasteiger partial charge in [0.05, 0.1) is 33.5 Å². The molecule has 11 aromatic rings. The van der Waals surface area contributed by atoms with Crippen LogP contribution in [0.1, 0.15) is 0 Å². The van der Waals surface area contributed by atoms with Crippen molar-refractivity contribution in [3.63, 3.8) is 0 Å². The normalized spacial score (nSPS) is 12.1. The van der Waals surface area contributed by atoms with Gasteiger partial charge in [-0.05, 0) is 64.9 Å². The molecular weight excluding hydrogens is 657 g/mol. The van der Waals surface area contributed by atoms with Gasteiger partial charge in [0.15, 0.2) is 5.82 Å². The minimum absolute atomic E-state index is 0.731. The summed E-state index contributed by atoms with van der Waals surface area (Å²) in [5, 5.41) is 7.42. The van der Waals surface area contributed by atoms with Crippen LogP contribution in [-0.4, -0.2) is 19.1 Å². The minimum Gasteiger partial charge on any atom is -0.309 e. The Morgan fingerprint density at radius 3 is 1.59 bits per heavy atom. The van der Waals surface area contributed by atoms with Gasteiger partial charge in [-0.15, -0.1) is 0 Å². The molecule has 0 radical (unpaired) electrons. The summed E-state index contributed by atoms with van der Waals surface area (Å²) >= 11 is 0. The van der Waals surface area contributed by atoms with Crippen molar-refractivity contribution in [3.05, 3.63) is 182 Å². The maximum atomic E-state index is 5.37. The van der Waals surface area contributed by atoms with Gasteiger partial charge < -0.3 is 9.13 Å². The number of nitrogens with zero attached hydrogens (tertiary/aromatic N) is 4. The predicted molar refractivity (Wildman–Crippen MR) is 224 cm³/mol. The number of hydrogen-bond donors (Lipinski definition) is 0. The first-order chi connectivity index (χ1) is 26.8. The van der Waals surface area contributed by atoms with Crippen molar-refractivity contribution in [2.45, 2.75) is 0 Å². The van der Waals surface area contributed by atoms with Gasteiger partial charge in [-0.3, -0.25) is 0 Å². The van der Waals surface area contributed by atoms with Crippen molar-refractivity contribution < 1.29 is 0 Å². The quantitative estimate of drug-likeness (QED) is 0.185. The van der Waals surface area contributed by atoms with Gasteiger partial charge in [-0.2, -0.15) is 0 Å². The van der Waals surface area contributed by atoms with Crippen LogP contribution in [0.25, 0.3) is 111 Å². The minimum atomic E-state index is 0.731. The van der Waals surface area contributed by atoms with E-state index in [2.05, 4.69) is 185 Å². The van der Waals surface area contributed by atoms with E-state index in [1.165, 1.54) is 54.4 Å². The number of fused-ring (bicyclic) bond motifs is 9. The first-order valence-corrected chi connectivity index (χ1v) is 18.4. The van der Waals surface area contributed by atoms with Crippen LogP contribution in [0.15, 0.2) is 182 Å². The summed E-state index contributed by atoms with van der Waals surface area (Å²) in [5.74, 6) is 0.731. The summed E-state index contributed by atoms with van der Waals surface area (Å²) in [5.41, 5.74) is 14.4. The summed E-state index contributed by atoms with van der Waals surface area (Å²) < 4.78 is 4.80. The molecule has 4 nitrogen and oxygen atoms in total. The van der Waals surface area contributed by atoms with E-state index in [4.69, 9.17) is 9.97 Å². The molecule has 0 saturated carbocycles. The van der Waals surface area contributed by atoms with E-state index in [1.807, 2.05) is 6.07 Å². The molecule has 1 aliphatic rings. The first-order valence-electron chi connectivity index (χ1n) is 18.4. The van der Waals surface area contributed by atoms with Crippen LogP contribution in [0.2, 0.25) is 0 Å². The Labute approximate surface area is 310 Å². The fraction of sp³-hybridized carbons (Fsp3) is 0. The molecule has 0 amide bonds. The standard InChI is InChI=1S/C50H30N4/c1-2-13-32(14-3-1)50-51-48(47-39-22-11-15-31-16-12-23-40(46(31)39)49(47)52-50)33-17-10-18-34(29-33)53-44-26-9-6-21-38(44)41-30-35(27-28-45(41)53)54-42-24-7-4-19-36(42)37-20-5-8-25-43(37)54/h1-30H. The van der Waals surface area contributed by atoms with Gasteiger partial charge in [0, 0.05) is 55.2 Å². The van der Waals surface area contributed by atoms with E-state index in [0.29, 0.717) is 0 Å². The zero-order valence-electron chi connectivity index (χ0n) is 29.1. The lowest BCUT2D eigenvalue weighted by Crippen LogP contribution is -1.99. The Balaban J connectivity index is 1.08. The van der Waals surface area contributed by atoms with E-state index in [9.17, 15) is 0 Å². The Morgan fingerprint density at radius 2 is 0.889 bits per heavy atom. The lowest BCUT2D eigenvalue weighted by molar-refractivity contribution is 1.16. The van der Waals surface area contributed by atoms with Crippen LogP contribution in [0.5, 0.6) is 0 Å². The highest BCUT2D eigenvalue weighted by Gasteiger charge is 2.28.